The molecule has 3 unspecified atom stereocenters. The number of amides is 1. The monoisotopic (exact) mass is 289 g/mol. The molecule has 21 heavy (non-hydrogen) atoms. The first kappa shape index (κ1) is 14.5. The van der Waals surface area contributed by atoms with Crippen LogP contribution in [0.5, 0.6) is 0 Å². The SMILES string of the molecule is CC(C(N)=O)N1CCN(C2Cc3ccccc3C2O)CC1. The van der Waals surface area contributed by atoms with Crippen LogP contribution in [-0.4, -0.2) is 59.1 Å². The largest absolute Gasteiger partial charge is 0.387 e. The van der Waals surface area contributed by atoms with E-state index in [4.69, 9.17) is 5.73 Å². The smallest absolute Gasteiger partial charge is 0.234 e. The molecule has 1 aromatic rings. The average Bonchev–Trinajstić information content (AvgIpc) is 2.84. The summed E-state index contributed by atoms with van der Waals surface area (Å²) in [7, 11) is 0. The number of primary amides is 1. The first-order valence-corrected chi connectivity index (χ1v) is 7.61. The summed E-state index contributed by atoms with van der Waals surface area (Å²) in [5.74, 6) is -0.267. The lowest BCUT2D eigenvalue weighted by atomic mass is 10.1. The van der Waals surface area contributed by atoms with Crippen LogP contribution in [0.4, 0.5) is 0 Å². The molecule has 1 amide bonds. The number of hydrogen-bond acceptors (Lipinski definition) is 4. The molecule has 0 spiro atoms. The molecular weight excluding hydrogens is 266 g/mol. The second-order valence-corrected chi connectivity index (χ2v) is 6.07. The van der Waals surface area contributed by atoms with Gasteiger partial charge in [-0.2, -0.15) is 0 Å². The molecule has 0 bridgehead atoms. The van der Waals surface area contributed by atoms with Crippen molar-refractivity contribution >= 4 is 5.91 Å². The highest BCUT2D eigenvalue weighted by Gasteiger charge is 2.36. The van der Waals surface area contributed by atoms with Gasteiger partial charge in [0.1, 0.15) is 0 Å². The number of aliphatic hydroxyl groups is 1. The molecule has 0 radical (unpaired) electrons. The molecule has 1 aromatic carbocycles. The standard InChI is InChI=1S/C16H23N3O2/c1-11(16(17)21)18-6-8-19(9-7-18)14-10-12-4-2-3-5-13(12)15(14)20/h2-5,11,14-15,20H,6-10H2,1H3,(H2,17,21). The summed E-state index contributed by atoms with van der Waals surface area (Å²) in [6.45, 7) is 5.24. The van der Waals surface area contributed by atoms with Gasteiger partial charge < -0.3 is 10.8 Å². The summed E-state index contributed by atoms with van der Waals surface area (Å²) in [5, 5.41) is 10.5. The van der Waals surface area contributed by atoms with Gasteiger partial charge in [0.25, 0.3) is 0 Å². The summed E-state index contributed by atoms with van der Waals surface area (Å²) < 4.78 is 0. The molecule has 1 aliphatic carbocycles. The van der Waals surface area contributed by atoms with Crippen molar-refractivity contribution in [3.63, 3.8) is 0 Å². The maximum Gasteiger partial charge on any atom is 0.234 e. The zero-order chi connectivity index (χ0) is 15.0. The second-order valence-electron chi connectivity index (χ2n) is 6.07. The lowest BCUT2D eigenvalue weighted by Gasteiger charge is -2.40. The third-order valence-electron chi connectivity index (χ3n) is 4.94. The number of carbonyl (C=O) groups is 1. The minimum absolute atomic E-state index is 0.161. The van der Waals surface area contributed by atoms with E-state index in [1.165, 1.54) is 5.56 Å². The lowest BCUT2D eigenvalue weighted by molar-refractivity contribution is -0.123. The third kappa shape index (κ3) is 2.69. The highest BCUT2D eigenvalue weighted by Crippen LogP contribution is 2.34. The van der Waals surface area contributed by atoms with Gasteiger partial charge in [-0.05, 0) is 24.5 Å². The Morgan fingerprint density at radius 2 is 1.95 bits per heavy atom. The highest BCUT2D eigenvalue weighted by molar-refractivity contribution is 5.79. The summed E-state index contributed by atoms with van der Waals surface area (Å²) in [6.07, 6.45) is 0.504. The summed E-state index contributed by atoms with van der Waals surface area (Å²) >= 11 is 0. The molecule has 5 nitrogen and oxygen atoms in total. The molecular formula is C16H23N3O2. The number of carbonyl (C=O) groups excluding carboxylic acids is 1. The minimum atomic E-state index is -0.402. The predicted octanol–water partition coefficient (Wildman–Crippen LogP) is 0.136. The van der Waals surface area contributed by atoms with E-state index < -0.39 is 6.10 Å². The molecule has 0 aromatic heterocycles. The number of rotatable bonds is 3. The lowest BCUT2D eigenvalue weighted by Crippen LogP contribution is -2.55. The van der Waals surface area contributed by atoms with Gasteiger partial charge in [0.15, 0.2) is 0 Å². The number of nitrogens with two attached hydrogens (primary N) is 1. The Morgan fingerprint density at radius 3 is 2.57 bits per heavy atom. The van der Waals surface area contributed by atoms with Crippen LogP contribution < -0.4 is 5.73 Å². The molecule has 3 N–H and O–H groups in total. The van der Waals surface area contributed by atoms with Crippen LogP contribution >= 0.6 is 0 Å². The van der Waals surface area contributed by atoms with Crippen LogP contribution in [-0.2, 0) is 11.2 Å². The van der Waals surface area contributed by atoms with Gasteiger partial charge in [-0.3, -0.25) is 14.6 Å². The van der Waals surface area contributed by atoms with E-state index in [0.717, 1.165) is 38.2 Å². The van der Waals surface area contributed by atoms with Gasteiger partial charge in [-0.15, -0.1) is 0 Å². The Hall–Kier alpha value is -1.43. The number of nitrogens with zero attached hydrogens (tertiary/aromatic N) is 2. The van der Waals surface area contributed by atoms with Crippen LogP contribution in [0.25, 0.3) is 0 Å². The van der Waals surface area contributed by atoms with E-state index in [9.17, 15) is 9.90 Å². The molecule has 1 aliphatic heterocycles. The van der Waals surface area contributed by atoms with Gasteiger partial charge in [-0.1, -0.05) is 24.3 Å². The quantitative estimate of drug-likeness (QED) is 0.830. The van der Waals surface area contributed by atoms with Crippen LogP contribution in [0, 0.1) is 0 Å². The van der Waals surface area contributed by atoms with Crippen LogP contribution in [0.1, 0.15) is 24.2 Å². The number of hydrogen-bond donors (Lipinski definition) is 2. The van der Waals surface area contributed by atoms with E-state index in [-0.39, 0.29) is 18.0 Å². The number of piperazine rings is 1. The summed E-state index contributed by atoms with van der Waals surface area (Å²) in [5.41, 5.74) is 7.69. The van der Waals surface area contributed by atoms with E-state index in [1.54, 1.807) is 0 Å². The third-order valence-corrected chi connectivity index (χ3v) is 4.94. The van der Waals surface area contributed by atoms with E-state index in [2.05, 4.69) is 15.9 Å². The summed E-state index contributed by atoms with van der Waals surface area (Å²) in [6, 6.07) is 8.08. The van der Waals surface area contributed by atoms with Crippen molar-refractivity contribution in [3.05, 3.63) is 35.4 Å². The molecule has 0 saturated carbocycles. The fourth-order valence-corrected chi connectivity index (χ4v) is 3.52. The zero-order valence-electron chi connectivity index (χ0n) is 12.4. The Morgan fingerprint density at radius 1 is 1.29 bits per heavy atom. The average molecular weight is 289 g/mol. The topological polar surface area (TPSA) is 69.8 Å². The fraction of sp³-hybridized carbons (Fsp3) is 0.562. The van der Waals surface area contributed by atoms with Gasteiger partial charge in [0.2, 0.25) is 5.91 Å². The van der Waals surface area contributed by atoms with Crippen LogP contribution in [0.2, 0.25) is 0 Å². The maximum atomic E-state index is 11.3. The second kappa shape index (κ2) is 5.75. The van der Waals surface area contributed by atoms with E-state index in [0.29, 0.717) is 0 Å². The number of benzene rings is 1. The Balaban J connectivity index is 1.63. The van der Waals surface area contributed by atoms with Crippen molar-refractivity contribution < 1.29 is 9.90 Å². The molecule has 3 rings (SSSR count). The van der Waals surface area contributed by atoms with Crippen molar-refractivity contribution in [2.24, 2.45) is 5.73 Å². The van der Waals surface area contributed by atoms with Gasteiger partial charge in [0.05, 0.1) is 12.1 Å². The van der Waals surface area contributed by atoms with Gasteiger partial charge in [-0.25, -0.2) is 0 Å². The number of aliphatic hydroxyl groups excluding tert-OH is 1. The first-order valence-electron chi connectivity index (χ1n) is 7.61. The maximum absolute atomic E-state index is 11.3. The zero-order valence-corrected chi connectivity index (χ0v) is 12.4. The van der Waals surface area contributed by atoms with Crippen molar-refractivity contribution in [2.75, 3.05) is 26.2 Å². The minimum Gasteiger partial charge on any atom is -0.387 e. The Bertz CT molecular complexity index is 526. The first-order chi connectivity index (χ1) is 10.1. The van der Waals surface area contributed by atoms with Crippen LogP contribution in [0.3, 0.4) is 0 Å². The predicted molar refractivity (Wildman–Crippen MR) is 80.7 cm³/mol. The van der Waals surface area contributed by atoms with Crippen molar-refractivity contribution in [3.8, 4) is 0 Å². The molecule has 1 saturated heterocycles. The Kier molecular flexibility index (Phi) is 3.97. The molecule has 3 atom stereocenters. The van der Waals surface area contributed by atoms with Crippen molar-refractivity contribution in [1.82, 2.24) is 9.80 Å². The van der Waals surface area contributed by atoms with E-state index >= 15 is 0 Å². The molecule has 2 aliphatic rings. The molecule has 5 heteroatoms. The molecule has 114 valence electrons. The van der Waals surface area contributed by atoms with E-state index in [1.807, 2.05) is 25.1 Å². The number of fused-ring (bicyclic) bond motifs is 1. The van der Waals surface area contributed by atoms with Gasteiger partial charge in [0, 0.05) is 32.2 Å². The van der Waals surface area contributed by atoms with Crippen LogP contribution in [0.15, 0.2) is 24.3 Å². The van der Waals surface area contributed by atoms with Crippen molar-refractivity contribution in [2.45, 2.75) is 31.5 Å². The molecule has 1 heterocycles. The normalized spacial score (nSPS) is 28.3. The fourth-order valence-electron chi connectivity index (χ4n) is 3.52. The van der Waals surface area contributed by atoms with Gasteiger partial charge >= 0.3 is 0 Å². The molecule has 1 fully saturated rings. The Labute approximate surface area is 125 Å². The van der Waals surface area contributed by atoms with Crippen molar-refractivity contribution in [1.29, 1.82) is 0 Å². The summed E-state index contributed by atoms with van der Waals surface area (Å²) in [4.78, 5) is 15.7. The highest BCUT2D eigenvalue weighted by atomic mass is 16.3.